The monoisotopic (exact) mass is 500 g/mol. The number of halogens is 1. The number of non-ortho nitro benzene ring substituents is 1. The van der Waals surface area contributed by atoms with Gasteiger partial charge in [0.05, 0.1) is 33.8 Å². The van der Waals surface area contributed by atoms with Crippen molar-refractivity contribution in [2.24, 2.45) is 17.8 Å². The average Bonchev–Trinajstić information content (AvgIpc) is 3.07. The summed E-state index contributed by atoms with van der Waals surface area (Å²) in [6.07, 6.45) is 1.74. The van der Waals surface area contributed by atoms with Gasteiger partial charge in [-0.05, 0) is 43.4 Å². The van der Waals surface area contributed by atoms with E-state index >= 15 is 0 Å². The Morgan fingerprint density at radius 2 is 1.77 bits per heavy atom. The van der Waals surface area contributed by atoms with Crippen LogP contribution in [0.4, 0.5) is 11.4 Å². The van der Waals surface area contributed by atoms with Gasteiger partial charge >= 0.3 is 0 Å². The molecule has 0 bridgehead atoms. The summed E-state index contributed by atoms with van der Waals surface area (Å²) in [5.41, 5.74) is -0.837. The third kappa shape index (κ3) is 4.59. The van der Waals surface area contributed by atoms with E-state index in [0.717, 1.165) is 28.6 Å². The normalized spacial score (nSPS) is 21.5. The maximum Gasteiger partial charge on any atom is 0.275 e. The van der Waals surface area contributed by atoms with Crippen LogP contribution >= 0.6 is 11.6 Å². The number of fused-ring (bicyclic) bond motifs is 1. The SMILES string of the molecule is C[C@@H]1CC[C@H]2C(=O)N(N(Cc3ccc(Cl)cc3[N+](=O)[O-])C(=O)c3cccc([N+](=O)[O-])c3)C(=O)[C@@H]2C1. The summed E-state index contributed by atoms with van der Waals surface area (Å²) in [5.74, 6) is -2.92. The summed E-state index contributed by atoms with van der Waals surface area (Å²) in [5, 5.41) is 24.6. The number of carbonyl (C=O) groups is 3. The van der Waals surface area contributed by atoms with Crippen molar-refractivity contribution in [3.05, 3.63) is 78.8 Å². The van der Waals surface area contributed by atoms with Crippen LogP contribution in [0.1, 0.15) is 42.1 Å². The molecular formula is C23H21ClN4O7. The number of hydrogen-bond donors (Lipinski definition) is 0. The number of rotatable bonds is 6. The molecule has 3 atom stereocenters. The van der Waals surface area contributed by atoms with E-state index in [1.807, 2.05) is 6.92 Å². The van der Waals surface area contributed by atoms with Crippen molar-refractivity contribution in [1.29, 1.82) is 0 Å². The lowest BCUT2D eigenvalue weighted by molar-refractivity contribution is -0.385. The first-order chi connectivity index (χ1) is 16.6. The van der Waals surface area contributed by atoms with Crippen molar-refractivity contribution >= 4 is 40.7 Å². The van der Waals surface area contributed by atoms with Crippen molar-refractivity contribution in [3.63, 3.8) is 0 Å². The number of hydrazine groups is 1. The Morgan fingerprint density at radius 1 is 1.06 bits per heavy atom. The predicted octanol–water partition coefficient (Wildman–Crippen LogP) is 4.14. The second-order valence-corrected chi connectivity index (χ2v) is 9.26. The zero-order valence-corrected chi connectivity index (χ0v) is 19.4. The Balaban J connectivity index is 1.79. The largest absolute Gasteiger partial charge is 0.275 e. The Labute approximate surface area is 204 Å². The molecule has 1 aliphatic carbocycles. The van der Waals surface area contributed by atoms with Gasteiger partial charge in [0.1, 0.15) is 0 Å². The third-order valence-corrected chi connectivity index (χ3v) is 6.74. The van der Waals surface area contributed by atoms with Crippen molar-refractivity contribution in [2.45, 2.75) is 32.7 Å². The number of amides is 3. The van der Waals surface area contributed by atoms with Gasteiger partial charge in [0.2, 0.25) is 0 Å². The maximum atomic E-state index is 13.6. The summed E-state index contributed by atoms with van der Waals surface area (Å²) >= 11 is 5.91. The molecule has 2 aromatic rings. The van der Waals surface area contributed by atoms with Crippen molar-refractivity contribution in [1.82, 2.24) is 10.0 Å². The second-order valence-electron chi connectivity index (χ2n) is 8.82. The van der Waals surface area contributed by atoms with E-state index in [0.29, 0.717) is 12.8 Å². The van der Waals surface area contributed by atoms with Gasteiger partial charge in [-0.25, -0.2) is 5.01 Å². The van der Waals surface area contributed by atoms with Crippen LogP contribution < -0.4 is 0 Å². The molecule has 4 rings (SSSR count). The lowest BCUT2D eigenvalue weighted by Gasteiger charge is -2.30. The van der Waals surface area contributed by atoms with Crippen LogP contribution in [0.5, 0.6) is 0 Å². The minimum absolute atomic E-state index is 0.0435. The molecule has 12 heteroatoms. The summed E-state index contributed by atoms with van der Waals surface area (Å²) in [6, 6.07) is 8.71. The van der Waals surface area contributed by atoms with Crippen LogP contribution in [0.25, 0.3) is 0 Å². The van der Waals surface area contributed by atoms with E-state index in [2.05, 4.69) is 0 Å². The fraction of sp³-hybridized carbons (Fsp3) is 0.348. The zero-order chi connectivity index (χ0) is 25.4. The predicted molar refractivity (Wildman–Crippen MR) is 123 cm³/mol. The molecule has 0 aromatic heterocycles. The zero-order valence-electron chi connectivity index (χ0n) is 18.6. The highest BCUT2D eigenvalue weighted by Gasteiger charge is 2.52. The molecule has 2 aromatic carbocycles. The molecule has 3 amide bonds. The molecule has 11 nitrogen and oxygen atoms in total. The van der Waals surface area contributed by atoms with Gasteiger partial charge < -0.3 is 0 Å². The Bertz CT molecular complexity index is 1250. The first-order valence-electron chi connectivity index (χ1n) is 10.9. The standard InChI is InChI=1S/C23H21ClN4O7/c1-13-5-8-18-19(9-13)23(31)26(22(18)30)25(12-15-6-7-16(24)11-20(15)28(34)35)21(29)14-3-2-4-17(10-14)27(32)33/h2-4,6-7,10-11,13,18-19H,5,8-9,12H2,1H3/t13-,18-,19-/m1/s1. The van der Waals surface area contributed by atoms with Crippen LogP contribution in [0.15, 0.2) is 42.5 Å². The van der Waals surface area contributed by atoms with E-state index in [9.17, 15) is 34.6 Å². The van der Waals surface area contributed by atoms with Crippen LogP contribution in [0, 0.1) is 38.0 Å². The molecule has 0 radical (unpaired) electrons. The fourth-order valence-electron chi connectivity index (χ4n) is 4.75. The Kier molecular flexibility index (Phi) is 6.53. The first kappa shape index (κ1) is 24.3. The molecule has 1 saturated carbocycles. The van der Waals surface area contributed by atoms with Gasteiger partial charge in [0.25, 0.3) is 29.1 Å². The van der Waals surface area contributed by atoms with Crippen LogP contribution in [0.2, 0.25) is 5.02 Å². The maximum absolute atomic E-state index is 13.6. The minimum atomic E-state index is -0.869. The van der Waals surface area contributed by atoms with E-state index in [1.54, 1.807) is 0 Å². The highest BCUT2D eigenvalue weighted by Crippen LogP contribution is 2.42. The van der Waals surface area contributed by atoms with Crippen LogP contribution in [0.3, 0.4) is 0 Å². The highest BCUT2D eigenvalue weighted by molar-refractivity contribution is 6.30. The van der Waals surface area contributed by atoms with Gasteiger partial charge in [0.15, 0.2) is 0 Å². The molecule has 0 spiro atoms. The van der Waals surface area contributed by atoms with E-state index in [4.69, 9.17) is 11.6 Å². The first-order valence-corrected chi connectivity index (χ1v) is 11.3. The third-order valence-electron chi connectivity index (χ3n) is 6.51. The topological polar surface area (TPSA) is 144 Å². The molecule has 1 heterocycles. The lowest BCUT2D eigenvalue weighted by Crippen LogP contribution is -2.49. The smallest absolute Gasteiger partial charge is 0.272 e. The Morgan fingerprint density at radius 3 is 2.46 bits per heavy atom. The highest BCUT2D eigenvalue weighted by atomic mass is 35.5. The summed E-state index contributed by atoms with van der Waals surface area (Å²) in [4.78, 5) is 61.8. The van der Waals surface area contributed by atoms with E-state index in [-0.39, 0.29) is 33.4 Å². The molecule has 0 unspecified atom stereocenters. The number of imide groups is 1. The number of nitro groups is 2. The van der Waals surface area contributed by atoms with E-state index in [1.165, 1.54) is 30.3 Å². The van der Waals surface area contributed by atoms with Crippen molar-refractivity contribution < 1.29 is 24.2 Å². The van der Waals surface area contributed by atoms with Crippen LogP contribution in [-0.2, 0) is 16.1 Å². The molecule has 0 N–H and O–H groups in total. The van der Waals surface area contributed by atoms with Crippen LogP contribution in [-0.4, -0.2) is 37.6 Å². The van der Waals surface area contributed by atoms with Gasteiger partial charge in [-0.1, -0.05) is 24.6 Å². The van der Waals surface area contributed by atoms with Gasteiger partial charge in [-0.15, -0.1) is 0 Å². The van der Waals surface area contributed by atoms with Gasteiger partial charge in [-0.2, -0.15) is 5.01 Å². The summed E-state index contributed by atoms with van der Waals surface area (Å²) in [7, 11) is 0. The lowest BCUT2D eigenvalue weighted by atomic mass is 9.76. The number of carbonyl (C=O) groups excluding carboxylic acids is 3. The molecule has 2 fully saturated rings. The molecule has 2 aliphatic rings. The Hall–Kier alpha value is -3.86. The molecule has 1 aliphatic heterocycles. The molecule has 182 valence electrons. The minimum Gasteiger partial charge on any atom is -0.272 e. The van der Waals surface area contributed by atoms with Crippen molar-refractivity contribution in [2.75, 3.05) is 0 Å². The molecule has 35 heavy (non-hydrogen) atoms. The quantitative estimate of drug-likeness (QED) is 0.329. The number of nitrogens with zero attached hydrogens (tertiary/aromatic N) is 4. The number of nitro benzene ring substituents is 2. The van der Waals surface area contributed by atoms with Gasteiger partial charge in [-0.3, -0.25) is 34.6 Å². The summed E-state index contributed by atoms with van der Waals surface area (Å²) < 4.78 is 0. The van der Waals surface area contributed by atoms with E-state index < -0.39 is 45.9 Å². The number of benzene rings is 2. The average molecular weight is 501 g/mol. The fourth-order valence-corrected chi connectivity index (χ4v) is 4.91. The van der Waals surface area contributed by atoms with Gasteiger partial charge in [0, 0.05) is 28.8 Å². The second kappa shape index (κ2) is 9.41. The van der Waals surface area contributed by atoms with Crippen molar-refractivity contribution in [3.8, 4) is 0 Å². The number of hydrogen-bond acceptors (Lipinski definition) is 7. The summed E-state index contributed by atoms with van der Waals surface area (Å²) in [6.45, 7) is 1.50. The molecule has 1 saturated heterocycles. The molecular weight excluding hydrogens is 480 g/mol.